The maximum atomic E-state index is 12.8. The molecule has 0 bridgehead atoms. The highest BCUT2D eigenvalue weighted by molar-refractivity contribution is 7.89. The van der Waals surface area contributed by atoms with Crippen LogP contribution in [0.1, 0.15) is 18.4 Å². The minimum absolute atomic E-state index is 0.175. The smallest absolute Gasteiger partial charge is 0.241 e. The molecule has 136 valence electrons. The van der Waals surface area contributed by atoms with Crippen molar-refractivity contribution in [3.8, 4) is 5.75 Å². The monoisotopic (exact) mass is 365 g/mol. The normalized spacial score (nSPS) is 23.7. The van der Waals surface area contributed by atoms with Crippen LogP contribution < -0.4 is 9.46 Å². The highest BCUT2D eigenvalue weighted by Crippen LogP contribution is 2.29. The molecule has 1 aromatic heterocycles. The Labute approximate surface area is 147 Å². The van der Waals surface area contributed by atoms with E-state index in [-0.39, 0.29) is 10.8 Å². The zero-order valence-corrected chi connectivity index (χ0v) is 15.1. The van der Waals surface area contributed by atoms with Crippen molar-refractivity contribution in [2.75, 3.05) is 7.11 Å². The second kappa shape index (κ2) is 7.15. The molecule has 2 N–H and O–H groups in total. The fourth-order valence-electron chi connectivity index (χ4n) is 3.33. The van der Waals surface area contributed by atoms with Crippen LogP contribution in [0.25, 0.3) is 0 Å². The Balaban J connectivity index is 1.72. The highest BCUT2D eigenvalue weighted by atomic mass is 32.2. The van der Waals surface area contributed by atoms with Crippen molar-refractivity contribution in [1.82, 2.24) is 14.5 Å². The lowest BCUT2D eigenvalue weighted by Crippen LogP contribution is -2.40. The van der Waals surface area contributed by atoms with E-state index in [4.69, 9.17) is 4.74 Å². The lowest BCUT2D eigenvalue weighted by molar-refractivity contribution is 0.154. The largest absolute Gasteiger partial charge is 0.497 e. The van der Waals surface area contributed by atoms with Crippen molar-refractivity contribution in [1.29, 1.82) is 0 Å². The summed E-state index contributed by atoms with van der Waals surface area (Å²) in [6, 6.07) is 6.27. The van der Waals surface area contributed by atoms with Gasteiger partial charge in [-0.3, -0.25) is 4.68 Å². The molecule has 8 heteroatoms. The number of hydrogen-bond donors (Lipinski definition) is 2. The average Bonchev–Trinajstić information content (AvgIpc) is 3.18. The van der Waals surface area contributed by atoms with Crippen molar-refractivity contribution in [3.05, 3.63) is 42.2 Å². The first kappa shape index (κ1) is 17.9. The van der Waals surface area contributed by atoms with E-state index in [9.17, 15) is 13.5 Å². The molecule has 1 heterocycles. The summed E-state index contributed by atoms with van der Waals surface area (Å²) in [5.74, 6) is 0.656. The Hall–Kier alpha value is -1.90. The number of methoxy groups -OCH3 is 1. The van der Waals surface area contributed by atoms with E-state index in [0.29, 0.717) is 30.7 Å². The van der Waals surface area contributed by atoms with Crippen LogP contribution in [-0.2, 0) is 16.6 Å². The molecule has 25 heavy (non-hydrogen) atoms. The third-order valence-corrected chi connectivity index (χ3v) is 6.25. The van der Waals surface area contributed by atoms with Gasteiger partial charge in [0, 0.05) is 31.0 Å². The van der Waals surface area contributed by atoms with Gasteiger partial charge in [-0.25, -0.2) is 13.1 Å². The van der Waals surface area contributed by atoms with Gasteiger partial charge in [-0.1, -0.05) is 6.07 Å². The Bertz CT molecular complexity index is 820. The standard InChI is InChI=1S/C17H23N3O4S/c1-12-4-5-14(24-2)10-17(12)25(22,23)19-15-8-13(9-16(15)21)11-20-7-3-6-18-20/h3-7,10,13,15-16,19,21H,8-9,11H2,1-2H3/t13?,15-,16-/m1/s1. The first-order valence-electron chi connectivity index (χ1n) is 8.21. The molecule has 1 saturated carbocycles. The van der Waals surface area contributed by atoms with Gasteiger partial charge in [-0.15, -0.1) is 0 Å². The highest BCUT2D eigenvalue weighted by Gasteiger charge is 2.36. The Morgan fingerprint density at radius 3 is 2.88 bits per heavy atom. The summed E-state index contributed by atoms with van der Waals surface area (Å²) in [5.41, 5.74) is 0.633. The molecular formula is C17H23N3O4S. The lowest BCUT2D eigenvalue weighted by Gasteiger charge is -2.18. The lowest BCUT2D eigenvalue weighted by atomic mass is 10.1. The van der Waals surface area contributed by atoms with Crippen LogP contribution in [0.2, 0.25) is 0 Å². The Morgan fingerprint density at radius 2 is 2.20 bits per heavy atom. The van der Waals surface area contributed by atoms with Gasteiger partial charge in [0.15, 0.2) is 0 Å². The number of hydrogen-bond acceptors (Lipinski definition) is 5. The minimum atomic E-state index is -3.74. The summed E-state index contributed by atoms with van der Waals surface area (Å²) in [6.45, 7) is 2.40. The van der Waals surface area contributed by atoms with Gasteiger partial charge < -0.3 is 9.84 Å². The third kappa shape index (κ3) is 4.02. The number of rotatable bonds is 6. The summed E-state index contributed by atoms with van der Waals surface area (Å²) in [6.07, 6.45) is 3.98. The van der Waals surface area contributed by atoms with E-state index in [1.54, 1.807) is 29.9 Å². The summed E-state index contributed by atoms with van der Waals surface area (Å²) in [7, 11) is -2.24. The number of nitrogens with one attached hydrogen (secondary N) is 1. The van der Waals surface area contributed by atoms with Gasteiger partial charge in [0.05, 0.1) is 18.1 Å². The SMILES string of the molecule is COc1ccc(C)c(S(=O)(=O)N[C@@H]2CC(Cn3cccn3)C[C@H]2O)c1. The molecule has 1 aromatic carbocycles. The molecular weight excluding hydrogens is 342 g/mol. The van der Waals surface area contributed by atoms with Crippen molar-refractivity contribution < 1.29 is 18.3 Å². The van der Waals surface area contributed by atoms with Crippen LogP contribution in [0, 0.1) is 12.8 Å². The number of sulfonamides is 1. The molecule has 0 aliphatic heterocycles. The molecule has 1 unspecified atom stereocenters. The van der Waals surface area contributed by atoms with Gasteiger partial charge in [0.2, 0.25) is 10.0 Å². The number of aliphatic hydroxyl groups is 1. The van der Waals surface area contributed by atoms with Gasteiger partial charge in [0.1, 0.15) is 5.75 Å². The summed E-state index contributed by atoms with van der Waals surface area (Å²) >= 11 is 0. The zero-order chi connectivity index (χ0) is 18.0. The fraction of sp³-hybridized carbons (Fsp3) is 0.471. The number of aryl methyl sites for hydroxylation is 1. The van der Waals surface area contributed by atoms with E-state index in [1.165, 1.54) is 13.2 Å². The third-order valence-electron chi connectivity index (χ3n) is 4.62. The summed E-state index contributed by atoms with van der Waals surface area (Å²) in [4.78, 5) is 0.176. The van der Waals surface area contributed by atoms with E-state index < -0.39 is 22.2 Å². The van der Waals surface area contributed by atoms with Crippen molar-refractivity contribution >= 4 is 10.0 Å². The topological polar surface area (TPSA) is 93.5 Å². The number of aromatic nitrogens is 2. The van der Waals surface area contributed by atoms with Crippen LogP contribution in [0.4, 0.5) is 0 Å². The molecule has 1 fully saturated rings. The Morgan fingerprint density at radius 1 is 1.40 bits per heavy atom. The van der Waals surface area contributed by atoms with Crippen molar-refractivity contribution in [2.45, 2.75) is 43.4 Å². The predicted octanol–water partition coefficient (Wildman–Crippen LogP) is 1.32. The molecule has 1 aliphatic carbocycles. The first-order valence-corrected chi connectivity index (χ1v) is 9.70. The van der Waals surface area contributed by atoms with Crippen LogP contribution in [0.15, 0.2) is 41.6 Å². The van der Waals surface area contributed by atoms with Crippen LogP contribution >= 0.6 is 0 Å². The molecule has 0 spiro atoms. The van der Waals surface area contributed by atoms with Crippen molar-refractivity contribution in [2.24, 2.45) is 5.92 Å². The van der Waals surface area contributed by atoms with Gasteiger partial charge >= 0.3 is 0 Å². The second-order valence-electron chi connectivity index (χ2n) is 6.49. The minimum Gasteiger partial charge on any atom is -0.497 e. The summed E-state index contributed by atoms with van der Waals surface area (Å²) < 4.78 is 35.1. The second-order valence-corrected chi connectivity index (χ2v) is 8.17. The molecule has 3 rings (SSSR count). The van der Waals surface area contributed by atoms with Crippen LogP contribution in [0.5, 0.6) is 5.75 Å². The summed E-state index contributed by atoms with van der Waals surface area (Å²) in [5, 5.41) is 14.5. The van der Waals surface area contributed by atoms with Crippen LogP contribution in [-0.4, -0.2) is 42.6 Å². The maximum Gasteiger partial charge on any atom is 0.241 e. The molecule has 0 amide bonds. The molecule has 0 saturated heterocycles. The maximum absolute atomic E-state index is 12.8. The molecule has 2 aromatic rings. The van der Waals surface area contributed by atoms with Gasteiger partial charge in [-0.05, 0) is 43.4 Å². The quantitative estimate of drug-likeness (QED) is 0.805. The van der Waals surface area contributed by atoms with E-state index in [0.717, 1.165) is 0 Å². The number of ether oxygens (including phenoxy) is 1. The van der Waals surface area contributed by atoms with Gasteiger partial charge in [0.25, 0.3) is 0 Å². The van der Waals surface area contributed by atoms with Gasteiger partial charge in [-0.2, -0.15) is 5.10 Å². The fourth-order valence-corrected chi connectivity index (χ4v) is 4.87. The zero-order valence-electron chi connectivity index (χ0n) is 14.3. The van der Waals surface area contributed by atoms with Crippen molar-refractivity contribution in [3.63, 3.8) is 0 Å². The molecule has 7 nitrogen and oxygen atoms in total. The average molecular weight is 365 g/mol. The first-order chi connectivity index (χ1) is 11.9. The van der Waals surface area contributed by atoms with E-state index in [1.807, 2.05) is 12.3 Å². The molecule has 0 radical (unpaired) electrons. The Kier molecular flexibility index (Phi) is 5.12. The van der Waals surface area contributed by atoms with Crippen LogP contribution in [0.3, 0.4) is 0 Å². The number of aliphatic hydroxyl groups excluding tert-OH is 1. The number of benzene rings is 1. The molecule has 3 atom stereocenters. The van der Waals surface area contributed by atoms with E-state index >= 15 is 0 Å². The molecule has 1 aliphatic rings. The van der Waals surface area contributed by atoms with E-state index in [2.05, 4.69) is 9.82 Å². The predicted molar refractivity (Wildman–Crippen MR) is 92.8 cm³/mol. The number of nitrogens with zero attached hydrogens (tertiary/aromatic N) is 2.